The quantitative estimate of drug-likeness (QED) is 0.698. The number of methoxy groups -OCH3 is 1. The Morgan fingerprint density at radius 2 is 1.95 bits per heavy atom. The summed E-state index contributed by atoms with van der Waals surface area (Å²) >= 11 is 0. The fourth-order valence-corrected chi connectivity index (χ4v) is 1.69. The number of pyridine rings is 1. The molecular weight excluding hydrogens is 240 g/mol. The van der Waals surface area contributed by atoms with Gasteiger partial charge in [-0.1, -0.05) is 13.8 Å². The zero-order valence-electron chi connectivity index (χ0n) is 12.5. The number of nitrogens with zero attached hydrogens (tertiary/aromatic N) is 1. The maximum absolute atomic E-state index is 5.81. The van der Waals surface area contributed by atoms with Crippen molar-refractivity contribution in [2.45, 2.75) is 46.2 Å². The highest BCUT2D eigenvalue weighted by molar-refractivity contribution is 5.29. The van der Waals surface area contributed by atoms with Crippen LogP contribution in [0.15, 0.2) is 12.1 Å². The summed E-state index contributed by atoms with van der Waals surface area (Å²) in [7, 11) is 1.72. The second-order valence-corrected chi connectivity index (χ2v) is 4.98. The maximum atomic E-state index is 5.81. The van der Waals surface area contributed by atoms with Gasteiger partial charge in [0.2, 0.25) is 0 Å². The first kappa shape index (κ1) is 15.9. The molecule has 1 rings (SSSR count). The van der Waals surface area contributed by atoms with Gasteiger partial charge in [0.25, 0.3) is 0 Å². The highest BCUT2D eigenvalue weighted by Gasteiger charge is 2.06. The molecule has 0 atom stereocenters. The Hall–Kier alpha value is -1.13. The molecule has 0 aliphatic carbocycles. The van der Waals surface area contributed by atoms with Gasteiger partial charge in [-0.3, -0.25) is 4.98 Å². The third-order valence-electron chi connectivity index (χ3n) is 2.75. The highest BCUT2D eigenvalue weighted by Crippen LogP contribution is 2.17. The normalized spacial score (nSPS) is 11.0. The van der Waals surface area contributed by atoms with E-state index in [1.807, 2.05) is 19.1 Å². The van der Waals surface area contributed by atoms with E-state index in [1.165, 1.54) is 0 Å². The van der Waals surface area contributed by atoms with Crippen LogP contribution >= 0.6 is 0 Å². The number of unbranched alkanes of at least 4 members (excludes halogenated alkanes) is 1. The van der Waals surface area contributed by atoms with E-state index < -0.39 is 0 Å². The first-order chi connectivity index (χ1) is 9.13. The fraction of sp³-hybridized carbons (Fsp3) is 0.667. The summed E-state index contributed by atoms with van der Waals surface area (Å²) in [6.45, 7) is 8.50. The van der Waals surface area contributed by atoms with Gasteiger partial charge in [-0.05, 0) is 31.9 Å². The molecule has 1 aromatic heterocycles. The van der Waals surface area contributed by atoms with Crippen LogP contribution in [-0.2, 0) is 11.3 Å². The van der Waals surface area contributed by atoms with E-state index in [-0.39, 0.29) is 0 Å². The average molecular weight is 266 g/mol. The van der Waals surface area contributed by atoms with E-state index in [2.05, 4.69) is 24.1 Å². The number of rotatable bonds is 9. The number of hydrogen-bond acceptors (Lipinski definition) is 4. The number of aromatic nitrogens is 1. The third-order valence-corrected chi connectivity index (χ3v) is 2.75. The van der Waals surface area contributed by atoms with Crippen LogP contribution < -0.4 is 10.1 Å². The van der Waals surface area contributed by atoms with Crippen molar-refractivity contribution in [3.63, 3.8) is 0 Å². The van der Waals surface area contributed by atoms with Crippen LogP contribution in [-0.4, -0.2) is 31.3 Å². The number of hydrogen-bond donors (Lipinski definition) is 1. The van der Waals surface area contributed by atoms with Gasteiger partial charge in [0.05, 0.1) is 12.3 Å². The number of ether oxygens (including phenoxy) is 2. The molecule has 108 valence electrons. The molecule has 0 aliphatic rings. The Morgan fingerprint density at radius 1 is 1.21 bits per heavy atom. The van der Waals surface area contributed by atoms with E-state index in [9.17, 15) is 0 Å². The first-order valence-corrected chi connectivity index (χ1v) is 6.95. The monoisotopic (exact) mass is 266 g/mol. The molecule has 0 bridgehead atoms. The fourth-order valence-electron chi connectivity index (χ4n) is 1.69. The SMILES string of the molecule is COCCCCOc1ccc(C)nc1CNC(C)C. The maximum Gasteiger partial charge on any atom is 0.142 e. The molecule has 19 heavy (non-hydrogen) atoms. The van der Waals surface area contributed by atoms with Gasteiger partial charge in [0.15, 0.2) is 0 Å². The molecule has 0 aliphatic heterocycles. The van der Waals surface area contributed by atoms with Crippen molar-refractivity contribution in [2.24, 2.45) is 0 Å². The Bertz CT molecular complexity index is 367. The van der Waals surface area contributed by atoms with E-state index in [1.54, 1.807) is 7.11 Å². The second kappa shape index (κ2) is 8.88. The predicted octanol–water partition coefficient (Wildman–Crippen LogP) is 2.69. The minimum atomic E-state index is 0.442. The number of nitrogens with one attached hydrogen (secondary N) is 1. The molecule has 4 nitrogen and oxygen atoms in total. The van der Waals surface area contributed by atoms with Crippen molar-refractivity contribution in [1.29, 1.82) is 0 Å². The van der Waals surface area contributed by atoms with Crippen LogP contribution in [0.2, 0.25) is 0 Å². The van der Waals surface area contributed by atoms with Crippen molar-refractivity contribution in [1.82, 2.24) is 10.3 Å². The Labute approximate surface area is 116 Å². The largest absolute Gasteiger partial charge is 0.492 e. The molecular formula is C15H26N2O2. The van der Waals surface area contributed by atoms with E-state index in [0.29, 0.717) is 12.6 Å². The average Bonchev–Trinajstić information content (AvgIpc) is 2.38. The van der Waals surface area contributed by atoms with Crippen LogP contribution in [0.4, 0.5) is 0 Å². The lowest BCUT2D eigenvalue weighted by molar-refractivity contribution is 0.184. The van der Waals surface area contributed by atoms with Crippen molar-refractivity contribution < 1.29 is 9.47 Å². The summed E-state index contributed by atoms with van der Waals surface area (Å²) in [6.07, 6.45) is 2.02. The van der Waals surface area contributed by atoms with Crippen molar-refractivity contribution in [3.05, 3.63) is 23.5 Å². The summed E-state index contributed by atoms with van der Waals surface area (Å²) in [6, 6.07) is 4.44. The molecule has 0 amide bonds. The summed E-state index contributed by atoms with van der Waals surface area (Å²) in [5, 5.41) is 3.38. The molecule has 0 saturated carbocycles. The van der Waals surface area contributed by atoms with Gasteiger partial charge in [0.1, 0.15) is 5.75 Å². The highest BCUT2D eigenvalue weighted by atomic mass is 16.5. The zero-order chi connectivity index (χ0) is 14.1. The molecule has 0 saturated heterocycles. The number of aryl methyl sites for hydroxylation is 1. The van der Waals surface area contributed by atoms with E-state index in [4.69, 9.17) is 9.47 Å². The summed E-state index contributed by atoms with van der Waals surface area (Å²) in [4.78, 5) is 4.55. The van der Waals surface area contributed by atoms with Crippen LogP contribution in [0.25, 0.3) is 0 Å². The molecule has 1 heterocycles. The lowest BCUT2D eigenvalue weighted by Gasteiger charge is -2.13. The van der Waals surface area contributed by atoms with Gasteiger partial charge in [-0.25, -0.2) is 0 Å². The molecule has 4 heteroatoms. The molecule has 0 unspecified atom stereocenters. The lowest BCUT2D eigenvalue weighted by atomic mass is 10.2. The van der Waals surface area contributed by atoms with Gasteiger partial charge in [0, 0.05) is 32.0 Å². The van der Waals surface area contributed by atoms with Gasteiger partial charge >= 0.3 is 0 Å². The standard InChI is InChI=1S/C15H26N2O2/c1-12(2)16-11-14-15(8-7-13(3)17-14)19-10-6-5-9-18-4/h7-8,12,16H,5-6,9-11H2,1-4H3. The summed E-state index contributed by atoms with van der Waals surface area (Å²) in [5.74, 6) is 0.885. The van der Waals surface area contributed by atoms with Crippen molar-refractivity contribution in [2.75, 3.05) is 20.3 Å². The molecule has 1 N–H and O–H groups in total. The zero-order valence-corrected chi connectivity index (χ0v) is 12.5. The summed E-state index contributed by atoms with van der Waals surface area (Å²) < 4.78 is 10.8. The minimum absolute atomic E-state index is 0.442. The molecule has 0 fully saturated rings. The van der Waals surface area contributed by atoms with Crippen molar-refractivity contribution >= 4 is 0 Å². The van der Waals surface area contributed by atoms with Crippen LogP contribution in [0.1, 0.15) is 38.1 Å². The topological polar surface area (TPSA) is 43.4 Å². The Balaban J connectivity index is 2.50. The van der Waals surface area contributed by atoms with Gasteiger partial charge in [-0.2, -0.15) is 0 Å². The lowest BCUT2D eigenvalue weighted by Crippen LogP contribution is -2.23. The molecule has 0 radical (unpaired) electrons. The van der Waals surface area contributed by atoms with Crippen LogP contribution in [0, 0.1) is 6.92 Å². The smallest absolute Gasteiger partial charge is 0.142 e. The van der Waals surface area contributed by atoms with Gasteiger partial charge in [-0.15, -0.1) is 0 Å². The predicted molar refractivity (Wildman–Crippen MR) is 77.6 cm³/mol. The van der Waals surface area contributed by atoms with E-state index in [0.717, 1.165) is 43.1 Å². The minimum Gasteiger partial charge on any atom is -0.492 e. The Kier molecular flexibility index (Phi) is 7.45. The molecule has 0 aromatic carbocycles. The molecule has 1 aromatic rings. The first-order valence-electron chi connectivity index (χ1n) is 6.95. The third kappa shape index (κ3) is 6.55. The van der Waals surface area contributed by atoms with E-state index >= 15 is 0 Å². The molecule has 0 spiro atoms. The van der Waals surface area contributed by atoms with Crippen LogP contribution in [0.5, 0.6) is 5.75 Å². The second-order valence-electron chi connectivity index (χ2n) is 4.98. The van der Waals surface area contributed by atoms with Crippen LogP contribution in [0.3, 0.4) is 0 Å². The van der Waals surface area contributed by atoms with Crippen molar-refractivity contribution in [3.8, 4) is 5.75 Å². The summed E-state index contributed by atoms with van der Waals surface area (Å²) in [5.41, 5.74) is 2.01. The Morgan fingerprint density at radius 3 is 2.63 bits per heavy atom. The van der Waals surface area contributed by atoms with Gasteiger partial charge < -0.3 is 14.8 Å².